The van der Waals surface area contributed by atoms with E-state index in [9.17, 15) is 9.59 Å². The molecule has 0 saturated heterocycles. The summed E-state index contributed by atoms with van der Waals surface area (Å²) in [4.78, 5) is 25.0. The first-order valence-electron chi connectivity index (χ1n) is 8.36. The molecule has 0 bridgehead atoms. The van der Waals surface area contributed by atoms with Gasteiger partial charge in [0.15, 0.2) is 0 Å². The summed E-state index contributed by atoms with van der Waals surface area (Å²) in [5, 5.41) is 0. The molecule has 1 fully saturated rings. The van der Waals surface area contributed by atoms with Crippen LogP contribution in [0.2, 0.25) is 0 Å². The molecular formula is C20H26O4. The van der Waals surface area contributed by atoms with Gasteiger partial charge >= 0.3 is 11.9 Å². The summed E-state index contributed by atoms with van der Waals surface area (Å²) in [6.45, 7) is 9.67. The summed E-state index contributed by atoms with van der Waals surface area (Å²) in [5.41, 5.74) is 1.34. The minimum absolute atomic E-state index is 0.212. The molecule has 0 heterocycles. The monoisotopic (exact) mass is 330 g/mol. The van der Waals surface area contributed by atoms with E-state index < -0.39 is 17.4 Å². The molecule has 130 valence electrons. The molecule has 1 aliphatic rings. The van der Waals surface area contributed by atoms with E-state index in [0.29, 0.717) is 12.8 Å². The Morgan fingerprint density at radius 1 is 1.12 bits per heavy atom. The smallest absolute Gasteiger partial charge is 0.310 e. The lowest BCUT2D eigenvalue weighted by atomic mass is 9.77. The molecule has 4 nitrogen and oxygen atoms in total. The van der Waals surface area contributed by atoms with Crippen molar-refractivity contribution in [2.75, 3.05) is 0 Å². The molecule has 1 aliphatic carbocycles. The summed E-state index contributed by atoms with van der Waals surface area (Å²) in [5.74, 6) is -1.64. The van der Waals surface area contributed by atoms with Crippen LogP contribution in [-0.4, -0.2) is 17.5 Å². The fourth-order valence-corrected chi connectivity index (χ4v) is 2.86. The number of hydrogen-bond acceptors (Lipinski definition) is 4. The Balaban J connectivity index is 2.03. The molecule has 0 aliphatic heterocycles. The van der Waals surface area contributed by atoms with Gasteiger partial charge in [-0.1, -0.05) is 42.5 Å². The predicted molar refractivity (Wildman–Crippen MR) is 92.1 cm³/mol. The van der Waals surface area contributed by atoms with Gasteiger partial charge in [0, 0.05) is 0 Å². The van der Waals surface area contributed by atoms with Crippen LogP contribution < -0.4 is 0 Å². The minimum atomic E-state index is -0.565. The fraction of sp³-hybridized carbons (Fsp3) is 0.500. The Morgan fingerprint density at radius 2 is 1.79 bits per heavy atom. The van der Waals surface area contributed by atoms with Crippen LogP contribution >= 0.6 is 0 Å². The molecule has 0 amide bonds. The Kier molecular flexibility index (Phi) is 5.81. The van der Waals surface area contributed by atoms with Crippen LogP contribution in [0.25, 0.3) is 0 Å². The third-order valence-corrected chi connectivity index (χ3v) is 4.04. The molecule has 24 heavy (non-hydrogen) atoms. The summed E-state index contributed by atoms with van der Waals surface area (Å²) >= 11 is 0. The van der Waals surface area contributed by atoms with Gasteiger partial charge < -0.3 is 9.47 Å². The molecule has 0 N–H and O–H groups in total. The van der Waals surface area contributed by atoms with E-state index in [1.165, 1.54) is 0 Å². The Bertz CT molecular complexity index is 598. The quantitative estimate of drug-likeness (QED) is 0.617. The van der Waals surface area contributed by atoms with Gasteiger partial charge in [0.1, 0.15) is 12.2 Å². The van der Waals surface area contributed by atoms with Crippen molar-refractivity contribution in [1.82, 2.24) is 0 Å². The Hall–Kier alpha value is -2.10. The standard InChI is InChI=1S/C20H26O4/c1-14-10-11-16(19(22)24-20(2,3)4)17(12-14)18(21)23-13-15-8-6-5-7-9-15/h5-9,16-17H,1,10-13H2,2-4H3/t16-,17-/m0/s1. The second-order valence-corrected chi connectivity index (χ2v) is 7.33. The first-order chi connectivity index (χ1) is 11.3. The molecule has 0 aromatic heterocycles. The molecule has 4 heteroatoms. The van der Waals surface area contributed by atoms with Crippen molar-refractivity contribution in [3.63, 3.8) is 0 Å². The van der Waals surface area contributed by atoms with E-state index in [1.807, 2.05) is 51.1 Å². The summed E-state index contributed by atoms with van der Waals surface area (Å²) < 4.78 is 10.9. The Labute approximate surface area is 143 Å². The average molecular weight is 330 g/mol. The highest BCUT2D eigenvalue weighted by atomic mass is 16.6. The van der Waals surface area contributed by atoms with Crippen molar-refractivity contribution in [3.8, 4) is 0 Å². The lowest BCUT2D eigenvalue weighted by Gasteiger charge is -2.32. The third kappa shape index (κ3) is 5.22. The highest BCUT2D eigenvalue weighted by Crippen LogP contribution is 2.35. The normalized spacial score (nSPS) is 21.2. The number of carbonyl (C=O) groups is 2. The molecular weight excluding hydrogens is 304 g/mol. The summed E-state index contributed by atoms with van der Waals surface area (Å²) in [6, 6.07) is 9.51. The highest BCUT2D eigenvalue weighted by Gasteiger charge is 2.40. The van der Waals surface area contributed by atoms with Gasteiger partial charge in [0.05, 0.1) is 11.8 Å². The van der Waals surface area contributed by atoms with E-state index in [0.717, 1.165) is 17.6 Å². The fourth-order valence-electron chi connectivity index (χ4n) is 2.86. The number of rotatable bonds is 4. The molecule has 0 spiro atoms. The average Bonchev–Trinajstić information content (AvgIpc) is 2.51. The topological polar surface area (TPSA) is 52.6 Å². The molecule has 1 aromatic rings. The van der Waals surface area contributed by atoms with Crippen molar-refractivity contribution >= 4 is 11.9 Å². The predicted octanol–water partition coefficient (Wildman–Crippen LogP) is 4.04. The van der Waals surface area contributed by atoms with Crippen LogP contribution in [0.1, 0.15) is 45.6 Å². The van der Waals surface area contributed by atoms with Gasteiger partial charge in [-0.05, 0) is 45.6 Å². The zero-order valence-electron chi connectivity index (χ0n) is 14.7. The number of hydrogen-bond donors (Lipinski definition) is 0. The molecule has 0 radical (unpaired) electrons. The van der Waals surface area contributed by atoms with Crippen molar-refractivity contribution in [3.05, 3.63) is 48.0 Å². The van der Waals surface area contributed by atoms with Crippen molar-refractivity contribution in [2.24, 2.45) is 11.8 Å². The van der Waals surface area contributed by atoms with E-state index >= 15 is 0 Å². The van der Waals surface area contributed by atoms with Gasteiger partial charge in [-0.2, -0.15) is 0 Å². The largest absolute Gasteiger partial charge is 0.461 e. The first kappa shape index (κ1) is 18.2. The second kappa shape index (κ2) is 7.65. The van der Waals surface area contributed by atoms with Gasteiger partial charge in [0.2, 0.25) is 0 Å². The van der Waals surface area contributed by atoms with Crippen LogP contribution in [0.5, 0.6) is 0 Å². The van der Waals surface area contributed by atoms with Crippen LogP contribution in [0.4, 0.5) is 0 Å². The molecule has 2 atom stereocenters. The van der Waals surface area contributed by atoms with Crippen LogP contribution in [0, 0.1) is 11.8 Å². The molecule has 0 unspecified atom stereocenters. The van der Waals surface area contributed by atoms with E-state index in [4.69, 9.17) is 9.47 Å². The maximum atomic E-state index is 12.5. The molecule has 1 saturated carbocycles. The number of carbonyl (C=O) groups excluding carboxylic acids is 2. The van der Waals surface area contributed by atoms with Crippen molar-refractivity contribution in [1.29, 1.82) is 0 Å². The Morgan fingerprint density at radius 3 is 2.42 bits per heavy atom. The SMILES string of the molecule is C=C1CC[C@H](C(=O)OC(C)(C)C)[C@@H](C(=O)OCc2ccccc2)C1. The van der Waals surface area contributed by atoms with Gasteiger partial charge in [-0.25, -0.2) is 0 Å². The van der Waals surface area contributed by atoms with Crippen LogP contribution in [-0.2, 0) is 25.7 Å². The van der Waals surface area contributed by atoms with Gasteiger partial charge in [-0.3, -0.25) is 9.59 Å². The van der Waals surface area contributed by atoms with Gasteiger partial charge in [-0.15, -0.1) is 0 Å². The lowest BCUT2D eigenvalue weighted by Crippen LogP contribution is -2.38. The number of ether oxygens (including phenoxy) is 2. The summed E-state index contributed by atoms with van der Waals surface area (Å²) in [7, 11) is 0. The number of esters is 2. The van der Waals surface area contributed by atoms with Gasteiger partial charge in [0.25, 0.3) is 0 Å². The highest BCUT2D eigenvalue weighted by molar-refractivity contribution is 5.83. The maximum absolute atomic E-state index is 12.5. The van der Waals surface area contributed by atoms with E-state index in [1.54, 1.807) is 0 Å². The molecule has 2 rings (SSSR count). The molecule has 1 aromatic carbocycles. The zero-order chi connectivity index (χ0) is 17.7. The summed E-state index contributed by atoms with van der Waals surface area (Å²) in [6.07, 6.45) is 1.81. The maximum Gasteiger partial charge on any atom is 0.310 e. The van der Waals surface area contributed by atoms with Crippen LogP contribution in [0.15, 0.2) is 42.5 Å². The number of benzene rings is 1. The van der Waals surface area contributed by atoms with Crippen molar-refractivity contribution < 1.29 is 19.1 Å². The lowest BCUT2D eigenvalue weighted by molar-refractivity contribution is -0.169. The minimum Gasteiger partial charge on any atom is -0.461 e. The first-order valence-corrected chi connectivity index (χ1v) is 8.36. The second-order valence-electron chi connectivity index (χ2n) is 7.33. The van der Waals surface area contributed by atoms with Crippen LogP contribution in [0.3, 0.4) is 0 Å². The zero-order valence-corrected chi connectivity index (χ0v) is 14.7. The van der Waals surface area contributed by atoms with Crippen molar-refractivity contribution in [2.45, 2.75) is 52.2 Å². The van der Waals surface area contributed by atoms with E-state index in [2.05, 4.69) is 6.58 Å². The van der Waals surface area contributed by atoms with E-state index in [-0.39, 0.29) is 18.5 Å². The number of allylic oxidation sites excluding steroid dienone is 1. The third-order valence-electron chi connectivity index (χ3n) is 4.04.